The van der Waals surface area contributed by atoms with Crippen molar-refractivity contribution in [2.24, 2.45) is 52.3 Å². The molecule has 32 heavy (non-hydrogen) atoms. The zero-order chi connectivity index (χ0) is 23.1. The topological polar surface area (TPSA) is 46.5 Å². The molecule has 4 aliphatic carbocycles. The van der Waals surface area contributed by atoms with Gasteiger partial charge in [-0.15, -0.1) is 0 Å². The normalized spacial score (nSPS) is 44.6. The van der Waals surface area contributed by atoms with Crippen molar-refractivity contribution in [2.45, 2.75) is 118 Å². The second-order valence-corrected chi connectivity index (χ2v) is 13.3. The first-order chi connectivity index (χ1) is 15.1. The van der Waals surface area contributed by atoms with E-state index in [0.717, 1.165) is 54.3 Å². The Balaban J connectivity index is 1.41. The van der Waals surface area contributed by atoms with Crippen molar-refractivity contribution in [1.29, 1.82) is 0 Å². The van der Waals surface area contributed by atoms with E-state index < -0.39 is 5.97 Å². The zero-order valence-electron chi connectivity index (χ0n) is 21.6. The molecule has 1 N–H and O–H groups in total. The molecular formula is C29H50O3. The fourth-order valence-corrected chi connectivity index (χ4v) is 9.58. The molecule has 4 aliphatic rings. The standard InChI is InChI=1S/C29H50O3/c1-19(2)7-6-8-20(3)24-11-12-25-23-10-9-21-17-22(32-18-27(30)31)13-15-28(21,4)26(23)14-16-29(24,25)5/h19-26H,6-18H2,1-5H3,(H,30,31)/t20-,21?,22+,23?,24-,25?,26?,28+,29-/m1/s1. The van der Waals surface area contributed by atoms with Crippen molar-refractivity contribution < 1.29 is 14.6 Å². The Morgan fingerprint density at radius 1 is 0.938 bits per heavy atom. The SMILES string of the molecule is CC(C)CCC[C@@H](C)[C@H]1CCC2C3CCC4C[C@@H](OCC(=O)O)CC[C@]4(C)C3CC[C@@]21C. The van der Waals surface area contributed by atoms with E-state index in [0.29, 0.717) is 10.8 Å². The predicted molar refractivity (Wildman–Crippen MR) is 130 cm³/mol. The van der Waals surface area contributed by atoms with Crippen LogP contribution in [0.3, 0.4) is 0 Å². The summed E-state index contributed by atoms with van der Waals surface area (Å²) in [5.74, 6) is 5.31. The average molecular weight is 447 g/mol. The summed E-state index contributed by atoms with van der Waals surface area (Å²) < 4.78 is 5.75. The van der Waals surface area contributed by atoms with Crippen LogP contribution in [0.1, 0.15) is 112 Å². The predicted octanol–water partition coefficient (Wildman–Crippen LogP) is 7.58. The van der Waals surface area contributed by atoms with Crippen LogP contribution in [0.5, 0.6) is 0 Å². The highest BCUT2D eigenvalue weighted by atomic mass is 16.5. The Morgan fingerprint density at radius 3 is 2.38 bits per heavy atom. The fourth-order valence-electron chi connectivity index (χ4n) is 9.58. The van der Waals surface area contributed by atoms with Gasteiger partial charge in [-0.25, -0.2) is 4.79 Å². The minimum atomic E-state index is -0.831. The van der Waals surface area contributed by atoms with Crippen molar-refractivity contribution in [3.63, 3.8) is 0 Å². The third kappa shape index (κ3) is 4.53. The van der Waals surface area contributed by atoms with Crippen LogP contribution in [0, 0.1) is 52.3 Å². The lowest BCUT2D eigenvalue weighted by molar-refractivity contribution is -0.153. The molecule has 0 aromatic heterocycles. The van der Waals surface area contributed by atoms with Crippen molar-refractivity contribution in [3.05, 3.63) is 0 Å². The summed E-state index contributed by atoms with van der Waals surface area (Å²) in [6.45, 7) is 12.5. The average Bonchev–Trinajstić information content (AvgIpc) is 3.09. The Kier molecular flexibility index (Phi) is 7.36. The number of hydrogen-bond donors (Lipinski definition) is 1. The molecule has 0 bridgehead atoms. The summed E-state index contributed by atoms with van der Waals surface area (Å²) in [7, 11) is 0. The first-order valence-corrected chi connectivity index (χ1v) is 14.0. The molecule has 0 amide bonds. The number of carboxylic acid groups (broad SMARTS) is 1. The van der Waals surface area contributed by atoms with Gasteiger partial charge in [-0.2, -0.15) is 0 Å². The van der Waals surface area contributed by atoms with E-state index in [1.807, 2.05) is 0 Å². The maximum atomic E-state index is 10.9. The van der Waals surface area contributed by atoms with Gasteiger partial charge in [-0.3, -0.25) is 0 Å². The molecule has 4 rings (SSSR count). The van der Waals surface area contributed by atoms with E-state index in [4.69, 9.17) is 9.84 Å². The third-order valence-electron chi connectivity index (χ3n) is 11.3. The molecule has 4 unspecified atom stereocenters. The fraction of sp³-hybridized carbons (Fsp3) is 0.966. The van der Waals surface area contributed by atoms with Crippen molar-refractivity contribution in [3.8, 4) is 0 Å². The van der Waals surface area contributed by atoms with Gasteiger partial charge in [0.25, 0.3) is 0 Å². The maximum Gasteiger partial charge on any atom is 0.329 e. The van der Waals surface area contributed by atoms with Crippen LogP contribution >= 0.6 is 0 Å². The van der Waals surface area contributed by atoms with E-state index in [2.05, 4.69) is 34.6 Å². The second-order valence-electron chi connectivity index (χ2n) is 13.3. The highest BCUT2D eigenvalue weighted by Crippen LogP contribution is 2.68. The smallest absolute Gasteiger partial charge is 0.329 e. The number of carboxylic acids is 1. The van der Waals surface area contributed by atoms with Gasteiger partial charge in [0.2, 0.25) is 0 Å². The van der Waals surface area contributed by atoms with Gasteiger partial charge in [0.1, 0.15) is 6.61 Å². The van der Waals surface area contributed by atoms with E-state index in [1.54, 1.807) is 0 Å². The van der Waals surface area contributed by atoms with Gasteiger partial charge in [-0.1, -0.05) is 53.9 Å². The summed E-state index contributed by atoms with van der Waals surface area (Å²) in [6.07, 6.45) is 16.3. The summed E-state index contributed by atoms with van der Waals surface area (Å²) in [5.41, 5.74) is 1.03. The second kappa shape index (κ2) is 9.59. The first-order valence-electron chi connectivity index (χ1n) is 14.0. The lowest BCUT2D eigenvalue weighted by Gasteiger charge is -2.61. The quantitative estimate of drug-likeness (QED) is 0.418. The first kappa shape index (κ1) is 24.6. The van der Waals surface area contributed by atoms with Gasteiger partial charge < -0.3 is 9.84 Å². The largest absolute Gasteiger partial charge is 0.480 e. The van der Waals surface area contributed by atoms with Crippen LogP contribution in [0.4, 0.5) is 0 Å². The molecule has 0 aromatic carbocycles. The van der Waals surface area contributed by atoms with E-state index >= 15 is 0 Å². The highest BCUT2D eigenvalue weighted by molar-refractivity contribution is 5.68. The summed E-state index contributed by atoms with van der Waals surface area (Å²) in [6, 6.07) is 0. The van der Waals surface area contributed by atoms with E-state index in [9.17, 15) is 4.79 Å². The molecule has 9 atom stereocenters. The van der Waals surface area contributed by atoms with Crippen molar-refractivity contribution in [2.75, 3.05) is 6.61 Å². The van der Waals surface area contributed by atoms with Crippen LogP contribution in [0.2, 0.25) is 0 Å². The third-order valence-corrected chi connectivity index (χ3v) is 11.3. The molecule has 0 aromatic rings. The molecule has 4 saturated carbocycles. The molecule has 0 radical (unpaired) electrons. The van der Waals surface area contributed by atoms with Crippen LogP contribution in [-0.2, 0) is 9.53 Å². The Bertz CT molecular complexity index is 659. The maximum absolute atomic E-state index is 10.9. The highest BCUT2D eigenvalue weighted by Gasteiger charge is 2.60. The molecule has 184 valence electrons. The number of rotatable bonds is 8. The number of hydrogen-bond acceptors (Lipinski definition) is 2. The minimum absolute atomic E-state index is 0.128. The van der Waals surface area contributed by atoms with Crippen LogP contribution in [0.15, 0.2) is 0 Å². The molecular weight excluding hydrogens is 396 g/mol. The van der Waals surface area contributed by atoms with Gasteiger partial charge in [0.05, 0.1) is 6.10 Å². The number of fused-ring (bicyclic) bond motifs is 5. The van der Waals surface area contributed by atoms with Gasteiger partial charge in [-0.05, 0) is 110 Å². The molecule has 0 aliphatic heterocycles. The van der Waals surface area contributed by atoms with Crippen molar-refractivity contribution in [1.82, 2.24) is 0 Å². The Hall–Kier alpha value is -0.570. The lowest BCUT2D eigenvalue weighted by atomic mass is 9.44. The van der Waals surface area contributed by atoms with E-state index in [-0.39, 0.29) is 12.7 Å². The Labute approximate surface area is 197 Å². The van der Waals surface area contributed by atoms with Gasteiger partial charge in [0.15, 0.2) is 0 Å². The summed E-state index contributed by atoms with van der Waals surface area (Å²) in [4.78, 5) is 10.9. The number of ether oxygens (including phenoxy) is 1. The molecule has 4 fully saturated rings. The van der Waals surface area contributed by atoms with Crippen LogP contribution in [-0.4, -0.2) is 23.8 Å². The summed E-state index contributed by atoms with van der Waals surface area (Å²) >= 11 is 0. The molecule has 3 heteroatoms. The van der Waals surface area contributed by atoms with Gasteiger partial charge in [0, 0.05) is 0 Å². The summed E-state index contributed by atoms with van der Waals surface area (Å²) in [5, 5.41) is 9.00. The molecule has 0 saturated heterocycles. The number of aliphatic carboxylic acids is 1. The van der Waals surface area contributed by atoms with Crippen LogP contribution < -0.4 is 0 Å². The van der Waals surface area contributed by atoms with E-state index in [1.165, 1.54) is 64.2 Å². The van der Waals surface area contributed by atoms with Gasteiger partial charge >= 0.3 is 5.97 Å². The van der Waals surface area contributed by atoms with Crippen LogP contribution in [0.25, 0.3) is 0 Å². The monoisotopic (exact) mass is 446 g/mol. The Morgan fingerprint density at radius 2 is 1.66 bits per heavy atom. The molecule has 3 nitrogen and oxygen atoms in total. The van der Waals surface area contributed by atoms with Crippen molar-refractivity contribution >= 4 is 5.97 Å². The zero-order valence-corrected chi connectivity index (χ0v) is 21.6. The lowest BCUT2D eigenvalue weighted by Crippen LogP contribution is -2.54. The minimum Gasteiger partial charge on any atom is -0.480 e. The molecule has 0 heterocycles. The molecule has 0 spiro atoms. The number of carbonyl (C=O) groups is 1.